The lowest BCUT2D eigenvalue weighted by molar-refractivity contribution is 0.0197. The maximum absolute atomic E-state index is 10.8. The van der Waals surface area contributed by atoms with Gasteiger partial charge in [0.1, 0.15) is 17.6 Å². The Morgan fingerprint density at radius 2 is 1.88 bits per heavy atom. The van der Waals surface area contributed by atoms with Crippen LogP contribution in [0.4, 0.5) is 0 Å². The number of fused-ring (bicyclic) bond motifs is 1. The number of ether oxygens (including phenoxy) is 2. The lowest BCUT2D eigenvalue weighted by Gasteiger charge is -2.31. The fraction of sp³-hybridized carbons (Fsp3) is 0.250. The van der Waals surface area contributed by atoms with E-state index in [2.05, 4.69) is 4.18 Å². The number of phenols is 2. The maximum Gasteiger partial charge on any atom is 0.446 e. The van der Waals surface area contributed by atoms with Crippen LogP contribution in [0.5, 0.6) is 28.7 Å². The van der Waals surface area contributed by atoms with Gasteiger partial charge in [0.15, 0.2) is 17.2 Å². The predicted octanol–water partition coefficient (Wildman–Crippen LogP) is 1.33. The molecular weight excluding hydrogens is 368 g/mol. The van der Waals surface area contributed by atoms with Crippen molar-refractivity contribution in [1.82, 2.24) is 0 Å². The topological polar surface area (TPSA) is 143 Å². The quantitative estimate of drug-likeness (QED) is 0.574. The summed E-state index contributed by atoms with van der Waals surface area (Å²) in [6.07, 6.45) is -1.90. The van der Waals surface area contributed by atoms with Crippen LogP contribution in [0.25, 0.3) is 0 Å². The second-order valence-electron chi connectivity index (χ2n) is 5.67. The van der Waals surface area contributed by atoms with Crippen molar-refractivity contribution in [2.24, 2.45) is 0 Å². The molecule has 0 fully saturated rings. The molecule has 9 nitrogen and oxygen atoms in total. The number of aliphatic hydroxyl groups is 1. The Hall–Kier alpha value is -2.69. The summed E-state index contributed by atoms with van der Waals surface area (Å²) in [7, 11) is -3.37. The normalized spacial score (nSPS) is 19.3. The van der Waals surface area contributed by atoms with Crippen molar-refractivity contribution >= 4 is 10.4 Å². The number of hydrogen-bond donors (Lipinski definition) is 4. The van der Waals surface area contributed by atoms with E-state index in [1.807, 2.05) is 0 Å². The zero-order chi connectivity index (χ0) is 19.1. The van der Waals surface area contributed by atoms with Crippen molar-refractivity contribution in [3.8, 4) is 28.7 Å². The van der Waals surface area contributed by atoms with Gasteiger partial charge >= 0.3 is 10.4 Å². The average molecular weight is 384 g/mol. The monoisotopic (exact) mass is 384 g/mol. The minimum atomic E-state index is -4.77. The highest BCUT2D eigenvalue weighted by Gasteiger charge is 2.33. The highest BCUT2D eigenvalue weighted by atomic mass is 32.3. The molecule has 0 saturated heterocycles. The van der Waals surface area contributed by atoms with E-state index in [1.54, 1.807) is 6.07 Å². The molecule has 2 atom stereocenters. The smallest absolute Gasteiger partial charge is 0.446 e. The Kier molecular flexibility index (Phi) is 4.57. The van der Waals surface area contributed by atoms with Gasteiger partial charge in [0.05, 0.1) is 13.2 Å². The average Bonchev–Trinajstić information content (AvgIpc) is 2.53. The Labute approximate surface area is 149 Å². The van der Waals surface area contributed by atoms with Gasteiger partial charge in [0, 0.05) is 24.1 Å². The first kappa shape index (κ1) is 18.1. The van der Waals surface area contributed by atoms with Crippen molar-refractivity contribution in [2.45, 2.75) is 18.6 Å². The van der Waals surface area contributed by atoms with Crippen LogP contribution in [-0.2, 0) is 16.8 Å². The Morgan fingerprint density at radius 3 is 2.50 bits per heavy atom. The summed E-state index contributed by atoms with van der Waals surface area (Å²) in [6.45, 7) is 0. The number of rotatable bonds is 4. The van der Waals surface area contributed by atoms with E-state index in [9.17, 15) is 23.7 Å². The summed E-state index contributed by atoms with van der Waals surface area (Å²) in [5.41, 5.74) is 0.705. The van der Waals surface area contributed by atoms with Crippen LogP contribution >= 0.6 is 0 Å². The third-order valence-electron chi connectivity index (χ3n) is 3.91. The van der Waals surface area contributed by atoms with E-state index in [-0.39, 0.29) is 40.7 Å². The van der Waals surface area contributed by atoms with Gasteiger partial charge in [-0.25, -0.2) is 0 Å². The lowest BCUT2D eigenvalue weighted by atomic mass is 9.94. The molecule has 0 spiro atoms. The molecule has 3 rings (SSSR count). The molecule has 10 heteroatoms. The van der Waals surface area contributed by atoms with E-state index < -0.39 is 22.6 Å². The molecule has 0 saturated carbocycles. The van der Waals surface area contributed by atoms with Crippen LogP contribution in [0.1, 0.15) is 17.2 Å². The van der Waals surface area contributed by atoms with Crippen LogP contribution in [-0.4, -0.2) is 41.5 Å². The van der Waals surface area contributed by atoms with Crippen molar-refractivity contribution < 1.29 is 41.9 Å². The van der Waals surface area contributed by atoms with Gasteiger partial charge in [-0.3, -0.25) is 4.55 Å². The molecule has 2 aromatic carbocycles. The highest BCUT2D eigenvalue weighted by Crippen LogP contribution is 2.43. The van der Waals surface area contributed by atoms with Crippen molar-refractivity contribution in [3.63, 3.8) is 0 Å². The third kappa shape index (κ3) is 3.62. The molecular formula is C16H16O9S. The molecule has 0 radical (unpaired) electrons. The summed E-state index contributed by atoms with van der Waals surface area (Å²) < 4.78 is 45.4. The minimum absolute atomic E-state index is 0.0186. The number of phenolic OH excluding ortho intramolecular Hbond substituents is 2. The molecule has 0 unspecified atom stereocenters. The maximum atomic E-state index is 10.8. The largest absolute Gasteiger partial charge is 0.507 e. The minimum Gasteiger partial charge on any atom is -0.507 e. The first-order valence-corrected chi connectivity index (χ1v) is 8.79. The number of aromatic hydroxyl groups is 2. The van der Waals surface area contributed by atoms with Gasteiger partial charge < -0.3 is 29.0 Å². The van der Waals surface area contributed by atoms with Gasteiger partial charge in [-0.05, 0) is 17.7 Å². The molecule has 0 amide bonds. The number of aliphatic hydroxyl groups excluding tert-OH is 1. The first-order valence-electron chi connectivity index (χ1n) is 7.42. The van der Waals surface area contributed by atoms with Crippen molar-refractivity contribution in [3.05, 3.63) is 41.5 Å². The zero-order valence-electron chi connectivity index (χ0n) is 13.5. The number of benzene rings is 2. The second-order valence-corrected chi connectivity index (χ2v) is 6.69. The Bertz CT molecular complexity index is 939. The molecule has 140 valence electrons. The molecule has 0 aromatic heterocycles. The molecule has 1 aliphatic heterocycles. The Morgan fingerprint density at radius 1 is 1.15 bits per heavy atom. The van der Waals surface area contributed by atoms with Crippen LogP contribution in [0.2, 0.25) is 0 Å². The van der Waals surface area contributed by atoms with E-state index in [1.165, 1.54) is 25.3 Å². The van der Waals surface area contributed by atoms with Crippen LogP contribution < -0.4 is 13.7 Å². The van der Waals surface area contributed by atoms with E-state index in [0.717, 1.165) is 6.07 Å². The molecule has 26 heavy (non-hydrogen) atoms. The number of methoxy groups -OCH3 is 1. The third-order valence-corrected chi connectivity index (χ3v) is 4.31. The fourth-order valence-electron chi connectivity index (χ4n) is 2.79. The summed E-state index contributed by atoms with van der Waals surface area (Å²) in [6, 6.07) is 6.63. The fourth-order valence-corrected chi connectivity index (χ4v) is 3.13. The highest BCUT2D eigenvalue weighted by molar-refractivity contribution is 7.81. The summed E-state index contributed by atoms with van der Waals surface area (Å²) in [4.78, 5) is 0. The van der Waals surface area contributed by atoms with Crippen LogP contribution in [0.3, 0.4) is 0 Å². The first-order chi connectivity index (χ1) is 12.2. The van der Waals surface area contributed by atoms with Crippen molar-refractivity contribution in [2.75, 3.05) is 7.11 Å². The molecule has 1 heterocycles. The molecule has 0 aliphatic carbocycles. The standard InChI is InChI=1S/C16H16O9S/c1-23-14-3-2-8(4-12(14)18)16-13(19)7-10-11(17)5-9(6-15(10)24-16)25-26(20,21)22/h2-6,13,16-19H,7H2,1H3,(H,20,21,22)/t13-,16-/m1/s1. The van der Waals surface area contributed by atoms with Gasteiger partial charge in [-0.15, -0.1) is 0 Å². The second kappa shape index (κ2) is 6.56. The predicted molar refractivity (Wildman–Crippen MR) is 88.0 cm³/mol. The van der Waals surface area contributed by atoms with E-state index >= 15 is 0 Å². The summed E-state index contributed by atoms with van der Waals surface area (Å²) in [5.74, 6) is -0.513. The molecule has 1 aliphatic rings. The van der Waals surface area contributed by atoms with Crippen LogP contribution in [0.15, 0.2) is 30.3 Å². The lowest BCUT2D eigenvalue weighted by Crippen LogP contribution is -2.30. The molecule has 2 aromatic rings. The van der Waals surface area contributed by atoms with Gasteiger partial charge in [-0.1, -0.05) is 6.07 Å². The number of hydrogen-bond acceptors (Lipinski definition) is 8. The van der Waals surface area contributed by atoms with Crippen molar-refractivity contribution in [1.29, 1.82) is 0 Å². The SMILES string of the molecule is COc1ccc([C@H]2Oc3cc(OS(=O)(=O)O)cc(O)c3C[C@H]2O)cc1O. The summed E-state index contributed by atoms with van der Waals surface area (Å²) in [5, 5.41) is 30.3. The van der Waals surface area contributed by atoms with E-state index in [4.69, 9.17) is 14.0 Å². The van der Waals surface area contributed by atoms with Gasteiger partial charge in [-0.2, -0.15) is 8.42 Å². The zero-order valence-corrected chi connectivity index (χ0v) is 14.3. The van der Waals surface area contributed by atoms with Gasteiger partial charge in [0.2, 0.25) is 0 Å². The molecule has 4 N–H and O–H groups in total. The van der Waals surface area contributed by atoms with E-state index in [0.29, 0.717) is 5.56 Å². The molecule has 0 bridgehead atoms. The van der Waals surface area contributed by atoms with Gasteiger partial charge in [0.25, 0.3) is 0 Å². The Balaban J connectivity index is 1.96. The summed E-state index contributed by atoms with van der Waals surface area (Å²) >= 11 is 0. The van der Waals surface area contributed by atoms with Crippen LogP contribution in [0, 0.1) is 0 Å².